The number of β-lactam (4-membered cyclic amide) rings is 1. The molecular formula is C23H31N3O4S. The number of nitrogens with one attached hydrogen (secondary N) is 1. The molecule has 2 saturated heterocycles. The number of esters is 1. The van der Waals surface area contributed by atoms with Crippen LogP contribution in [0.2, 0.25) is 0 Å². The number of thioether (sulfide) groups is 1. The Morgan fingerprint density at radius 3 is 2.58 bits per heavy atom. The summed E-state index contributed by atoms with van der Waals surface area (Å²) in [6, 6.07) is 6.88. The predicted octanol–water partition coefficient (Wildman–Crippen LogP) is 2.36. The van der Waals surface area contributed by atoms with Gasteiger partial charge in [0.05, 0.1) is 6.61 Å². The second-order valence-electron chi connectivity index (χ2n) is 9.27. The maximum atomic E-state index is 12.9. The Kier molecular flexibility index (Phi) is 6.30. The van der Waals surface area contributed by atoms with Crippen molar-refractivity contribution in [2.75, 3.05) is 6.61 Å². The van der Waals surface area contributed by atoms with Gasteiger partial charge >= 0.3 is 5.97 Å². The normalized spacial score (nSPS) is 28.4. The van der Waals surface area contributed by atoms with Crippen LogP contribution in [0.4, 0.5) is 0 Å². The van der Waals surface area contributed by atoms with Gasteiger partial charge in [0.15, 0.2) is 0 Å². The molecule has 8 heteroatoms. The number of benzene rings is 1. The van der Waals surface area contributed by atoms with Crippen LogP contribution in [-0.4, -0.2) is 51.5 Å². The van der Waals surface area contributed by atoms with Crippen molar-refractivity contribution in [2.24, 2.45) is 11.7 Å². The Labute approximate surface area is 187 Å². The fourth-order valence-corrected chi connectivity index (χ4v) is 6.43. The van der Waals surface area contributed by atoms with Gasteiger partial charge in [0.2, 0.25) is 11.8 Å². The molecule has 3 aliphatic rings. The van der Waals surface area contributed by atoms with E-state index in [2.05, 4.69) is 5.32 Å². The van der Waals surface area contributed by atoms with E-state index in [-0.39, 0.29) is 17.3 Å². The Balaban J connectivity index is 1.37. The predicted molar refractivity (Wildman–Crippen MR) is 119 cm³/mol. The highest BCUT2D eigenvalue weighted by atomic mass is 32.2. The van der Waals surface area contributed by atoms with Gasteiger partial charge in [-0.25, -0.2) is 4.79 Å². The molecule has 1 aromatic carbocycles. The summed E-state index contributed by atoms with van der Waals surface area (Å²) in [4.78, 5) is 40.0. The van der Waals surface area contributed by atoms with Crippen molar-refractivity contribution in [3.05, 3.63) is 35.9 Å². The standard InChI is InChI=1S/C23H31N3O4S/c1-23(2)18(22(29)30-13-14-9-5-3-6-10-14)26-20(28)17(21(26)31-23)25-19(27)16(24)15-11-7-4-8-12-15/h4,7-8,11-12,14,16-18,21H,3,5-6,9-10,13,24H2,1-2H3,(H,25,27)/t16-,17-,18+,21?/m1/s1. The van der Waals surface area contributed by atoms with Crippen LogP contribution < -0.4 is 11.1 Å². The first-order chi connectivity index (χ1) is 14.8. The van der Waals surface area contributed by atoms with Crippen LogP contribution in [0.15, 0.2) is 30.3 Å². The summed E-state index contributed by atoms with van der Waals surface area (Å²) >= 11 is 1.53. The smallest absolute Gasteiger partial charge is 0.330 e. The molecule has 0 bridgehead atoms. The van der Waals surface area contributed by atoms with E-state index in [0.29, 0.717) is 18.1 Å². The molecule has 2 amide bonds. The fourth-order valence-electron chi connectivity index (χ4n) is 4.81. The summed E-state index contributed by atoms with van der Waals surface area (Å²) in [5.74, 6) is -0.573. The molecule has 0 aromatic heterocycles. The number of nitrogens with zero attached hydrogens (tertiary/aromatic N) is 1. The van der Waals surface area contributed by atoms with Gasteiger partial charge in [-0.1, -0.05) is 49.6 Å². The quantitative estimate of drug-likeness (QED) is 0.515. The molecule has 1 aliphatic carbocycles. The second kappa shape index (κ2) is 8.82. The van der Waals surface area contributed by atoms with Gasteiger partial charge in [0, 0.05) is 4.75 Å². The number of hydrogen-bond acceptors (Lipinski definition) is 6. The van der Waals surface area contributed by atoms with Gasteiger partial charge in [-0.2, -0.15) is 0 Å². The molecule has 4 atom stereocenters. The van der Waals surface area contributed by atoms with Crippen molar-refractivity contribution in [1.82, 2.24) is 10.2 Å². The third-order valence-electron chi connectivity index (χ3n) is 6.59. The summed E-state index contributed by atoms with van der Waals surface area (Å²) in [7, 11) is 0. The van der Waals surface area contributed by atoms with Crippen LogP contribution >= 0.6 is 11.8 Å². The van der Waals surface area contributed by atoms with E-state index in [1.165, 1.54) is 31.0 Å². The lowest BCUT2D eigenvalue weighted by Crippen LogP contribution is -2.71. The lowest BCUT2D eigenvalue weighted by Gasteiger charge is -2.44. The minimum atomic E-state index is -0.848. The minimum Gasteiger partial charge on any atom is -0.464 e. The van der Waals surface area contributed by atoms with Gasteiger partial charge in [0.25, 0.3) is 0 Å². The molecule has 31 heavy (non-hydrogen) atoms. The zero-order chi connectivity index (χ0) is 22.2. The Morgan fingerprint density at radius 1 is 1.23 bits per heavy atom. The van der Waals surface area contributed by atoms with Gasteiger partial charge in [-0.15, -0.1) is 11.8 Å². The van der Waals surface area contributed by atoms with E-state index in [0.717, 1.165) is 12.8 Å². The summed E-state index contributed by atoms with van der Waals surface area (Å²) in [5, 5.41) is 2.50. The lowest BCUT2D eigenvalue weighted by atomic mass is 9.90. The van der Waals surface area contributed by atoms with E-state index < -0.39 is 28.8 Å². The minimum absolute atomic E-state index is 0.253. The first-order valence-corrected chi connectivity index (χ1v) is 11.9. The van der Waals surface area contributed by atoms with Gasteiger partial charge in [0.1, 0.15) is 23.5 Å². The van der Waals surface area contributed by atoms with E-state index in [1.807, 2.05) is 32.0 Å². The summed E-state index contributed by atoms with van der Waals surface area (Å²) in [5.41, 5.74) is 6.76. The first kappa shape index (κ1) is 22.1. The van der Waals surface area contributed by atoms with Gasteiger partial charge in [-0.05, 0) is 38.2 Å². The van der Waals surface area contributed by atoms with Crippen molar-refractivity contribution in [3.63, 3.8) is 0 Å². The van der Waals surface area contributed by atoms with Crippen LogP contribution in [0.25, 0.3) is 0 Å². The molecule has 2 aliphatic heterocycles. The van der Waals surface area contributed by atoms with E-state index in [9.17, 15) is 14.4 Å². The monoisotopic (exact) mass is 445 g/mol. The average molecular weight is 446 g/mol. The molecule has 0 radical (unpaired) electrons. The topological polar surface area (TPSA) is 102 Å². The molecule has 3 N–H and O–H groups in total. The maximum absolute atomic E-state index is 12.9. The summed E-state index contributed by atoms with van der Waals surface area (Å²) in [6.45, 7) is 4.32. The van der Waals surface area contributed by atoms with Crippen LogP contribution in [-0.2, 0) is 19.1 Å². The highest BCUT2D eigenvalue weighted by molar-refractivity contribution is 8.01. The van der Waals surface area contributed by atoms with Crippen molar-refractivity contribution in [1.29, 1.82) is 0 Å². The Morgan fingerprint density at radius 2 is 1.90 bits per heavy atom. The number of fused-ring (bicyclic) bond motifs is 1. The third kappa shape index (κ3) is 4.32. The third-order valence-corrected chi connectivity index (χ3v) is 8.16. The largest absolute Gasteiger partial charge is 0.464 e. The molecule has 4 rings (SSSR count). The fraction of sp³-hybridized carbons (Fsp3) is 0.609. The average Bonchev–Trinajstić information content (AvgIpc) is 3.04. The van der Waals surface area contributed by atoms with Crippen molar-refractivity contribution in [3.8, 4) is 0 Å². The Hall–Kier alpha value is -2.06. The SMILES string of the molecule is CC1(C)SC2[C@H](NC(=O)[C@H](N)c3ccccc3)C(=O)N2[C@H]1C(=O)OCC1CCCCC1. The van der Waals surface area contributed by atoms with Crippen LogP contribution in [0, 0.1) is 5.92 Å². The first-order valence-electron chi connectivity index (χ1n) is 11.1. The number of hydrogen-bond donors (Lipinski definition) is 2. The number of nitrogens with two attached hydrogens (primary N) is 1. The van der Waals surface area contributed by atoms with Crippen molar-refractivity contribution >= 4 is 29.5 Å². The highest BCUT2D eigenvalue weighted by Gasteiger charge is 2.64. The maximum Gasteiger partial charge on any atom is 0.330 e. The van der Waals surface area contributed by atoms with Crippen LogP contribution in [0.3, 0.4) is 0 Å². The van der Waals surface area contributed by atoms with Crippen LogP contribution in [0.5, 0.6) is 0 Å². The number of carbonyl (C=O) groups excluding carboxylic acids is 3. The van der Waals surface area contributed by atoms with Gasteiger partial charge < -0.3 is 20.7 Å². The molecule has 2 heterocycles. The Bertz CT molecular complexity index is 840. The molecule has 1 saturated carbocycles. The number of ether oxygens (including phenoxy) is 1. The van der Waals surface area contributed by atoms with E-state index in [1.54, 1.807) is 17.0 Å². The highest BCUT2D eigenvalue weighted by Crippen LogP contribution is 2.51. The number of amides is 2. The summed E-state index contributed by atoms with van der Waals surface area (Å²) in [6.07, 6.45) is 5.81. The van der Waals surface area contributed by atoms with Crippen molar-refractivity contribution in [2.45, 2.75) is 74.2 Å². The van der Waals surface area contributed by atoms with E-state index >= 15 is 0 Å². The number of rotatable bonds is 6. The molecule has 1 unspecified atom stereocenters. The number of carbonyl (C=O) groups is 3. The second-order valence-corrected chi connectivity index (χ2v) is 11.0. The molecule has 0 spiro atoms. The van der Waals surface area contributed by atoms with Crippen molar-refractivity contribution < 1.29 is 19.1 Å². The zero-order valence-corrected chi connectivity index (χ0v) is 18.9. The molecule has 7 nitrogen and oxygen atoms in total. The van der Waals surface area contributed by atoms with Crippen LogP contribution in [0.1, 0.15) is 57.6 Å². The van der Waals surface area contributed by atoms with E-state index in [4.69, 9.17) is 10.5 Å². The molecular weight excluding hydrogens is 414 g/mol. The molecule has 168 valence electrons. The zero-order valence-electron chi connectivity index (χ0n) is 18.1. The van der Waals surface area contributed by atoms with Gasteiger partial charge in [-0.3, -0.25) is 9.59 Å². The molecule has 3 fully saturated rings. The molecule has 1 aromatic rings. The summed E-state index contributed by atoms with van der Waals surface area (Å²) < 4.78 is 5.17. The lowest BCUT2D eigenvalue weighted by molar-refractivity contribution is -0.165.